The second-order valence-corrected chi connectivity index (χ2v) is 7.02. The molecule has 2 heterocycles. The van der Waals surface area contributed by atoms with Gasteiger partial charge in [-0.25, -0.2) is 4.98 Å². The van der Waals surface area contributed by atoms with E-state index in [1.807, 2.05) is 0 Å². The Hall–Kier alpha value is -1.36. The monoisotopic (exact) mass is 304 g/mol. The Morgan fingerprint density at radius 1 is 1.29 bits per heavy atom. The molecule has 3 rings (SSSR count). The lowest BCUT2D eigenvalue weighted by molar-refractivity contribution is 0.435. The molecule has 3 unspecified atom stereocenters. The van der Waals surface area contributed by atoms with E-state index in [4.69, 9.17) is 4.98 Å². The number of nitrogens with one attached hydrogen (secondary N) is 2. The van der Waals surface area contributed by atoms with Crippen molar-refractivity contribution in [2.75, 3.05) is 17.2 Å². The normalized spacial score (nSPS) is 25.4. The fourth-order valence-corrected chi connectivity index (χ4v) is 3.79. The summed E-state index contributed by atoms with van der Waals surface area (Å²) in [7, 11) is 0. The first kappa shape index (κ1) is 14.6. The molecule has 2 aromatic heterocycles. The Morgan fingerprint density at radius 2 is 2.14 bits per heavy atom. The van der Waals surface area contributed by atoms with Gasteiger partial charge in [0.05, 0.1) is 5.39 Å². The largest absolute Gasteiger partial charge is 0.366 e. The molecule has 0 bridgehead atoms. The van der Waals surface area contributed by atoms with Crippen LogP contribution in [0.4, 0.5) is 11.8 Å². The Labute approximate surface area is 130 Å². The van der Waals surface area contributed by atoms with Crippen LogP contribution >= 0.6 is 11.3 Å². The molecule has 1 aliphatic rings. The van der Waals surface area contributed by atoms with E-state index in [-0.39, 0.29) is 0 Å². The van der Waals surface area contributed by atoms with Crippen molar-refractivity contribution >= 4 is 33.3 Å². The van der Waals surface area contributed by atoms with Crippen LogP contribution in [0.1, 0.15) is 40.0 Å². The maximum Gasteiger partial charge on any atom is 0.226 e. The minimum absolute atomic E-state index is 0.525. The van der Waals surface area contributed by atoms with Crippen molar-refractivity contribution in [3.05, 3.63) is 11.4 Å². The fourth-order valence-electron chi connectivity index (χ4n) is 3.03. The first-order chi connectivity index (χ1) is 10.2. The van der Waals surface area contributed by atoms with E-state index < -0.39 is 0 Å². The van der Waals surface area contributed by atoms with E-state index in [0.717, 1.165) is 40.9 Å². The molecule has 1 aliphatic carbocycles. The topological polar surface area (TPSA) is 49.8 Å². The van der Waals surface area contributed by atoms with Crippen LogP contribution < -0.4 is 10.6 Å². The second-order valence-electron chi connectivity index (χ2n) is 6.13. The minimum atomic E-state index is 0.525. The van der Waals surface area contributed by atoms with Crippen LogP contribution in [0.15, 0.2) is 11.4 Å². The summed E-state index contributed by atoms with van der Waals surface area (Å²) in [5, 5.41) is 10.2. The number of nitrogens with zero attached hydrogens (tertiary/aromatic N) is 2. The van der Waals surface area contributed by atoms with E-state index in [2.05, 4.69) is 47.8 Å². The molecule has 0 spiro atoms. The third kappa shape index (κ3) is 2.98. The van der Waals surface area contributed by atoms with Gasteiger partial charge in [-0.3, -0.25) is 0 Å². The standard InChI is InChI=1S/C16H24N4S/c1-4-8-17-16-19-14(12-7-9-21-15(12)20-16)18-13-6-5-10(2)11(13)3/h7,9-11,13H,4-6,8H2,1-3H3,(H2,17,18,19,20). The van der Waals surface area contributed by atoms with Gasteiger partial charge in [-0.05, 0) is 42.5 Å². The molecule has 1 saturated carbocycles. The average molecular weight is 304 g/mol. The van der Waals surface area contributed by atoms with Gasteiger partial charge >= 0.3 is 0 Å². The van der Waals surface area contributed by atoms with E-state index in [0.29, 0.717) is 12.0 Å². The van der Waals surface area contributed by atoms with Crippen molar-refractivity contribution in [1.82, 2.24) is 9.97 Å². The summed E-state index contributed by atoms with van der Waals surface area (Å²) in [5.41, 5.74) is 0. The lowest BCUT2D eigenvalue weighted by atomic mass is 9.98. The molecule has 0 aromatic carbocycles. The second kappa shape index (κ2) is 6.18. The number of hydrogen-bond acceptors (Lipinski definition) is 5. The zero-order chi connectivity index (χ0) is 14.8. The SMILES string of the molecule is CCCNc1nc(NC2CCC(C)C2C)c2ccsc2n1. The Morgan fingerprint density at radius 3 is 2.86 bits per heavy atom. The zero-order valence-corrected chi connectivity index (χ0v) is 13.8. The maximum atomic E-state index is 4.71. The summed E-state index contributed by atoms with van der Waals surface area (Å²) in [5.74, 6) is 3.22. The average Bonchev–Trinajstić information content (AvgIpc) is 3.07. The smallest absolute Gasteiger partial charge is 0.226 e. The third-order valence-corrected chi connectivity index (χ3v) is 5.45. The van der Waals surface area contributed by atoms with Crippen LogP contribution in [0.5, 0.6) is 0 Å². The summed E-state index contributed by atoms with van der Waals surface area (Å²) in [6, 6.07) is 2.65. The van der Waals surface area contributed by atoms with Crippen molar-refractivity contribution in [1.29, 1.82) is 0 Å². The van der Waals surface area contributed by atoms with Crippen LogP contribution in [0.3, 0.4) is 0 Å². The molecule has 5 heteroatoms. The molecular weight excluding hydrogens is 280 g/mol. The molecule has 2 N–H and O–H groups in total. The highest BCUT2D eigenvalue weighted by molar-refractivity contribution is 7.16. The van der Waals surface area contributed by atoms with Gasteiger partial charge < -0.3 is 10.6 Å². The predicted octanol–water partition coefficient (Wildman–Crippen LogP) is 4.36. The van der Waals surface area contributed by atoms with Crippen LogP contribution in [0.25, 0.3) is 10.2 Å². The van der Waals surface area contributed by atoms with Crippen molar-refractivity contribution in [3.8, 4) is 0 Å². The highest BCUT2D eigenvalue weighted by atomic mass is 32.1. The molecule has 0 amide bonds. The lowest BCUT2D eigenvalue weighted by Crippen LogP contribution is -2.25. The van der Waals surface area contributed by atoms with Gasteiger partial charge in [0.2, 0.25) is 5.95 Å². The van der Waals surface area contributed by atoms with Gasteiger partial charge in [-0.1, -0.05) is 20.8 Å². The third-order valence-electron chi connectivity index (χ3n) is 4.65. The molecule has 4 nitrogen and oxygen atoms in total. The quantitative estimate of drug-likeness (QED) is 0.861. The van der Waals surface area contributed by atoms with Gasteiger partial charge in [0.15, 0.2) is 0 Å². The number of hydrogen-bond donors (Lipinski definition) is 2. The van der Waals surface area contributed by atoms with E-state index >= 15 is 0 Å². The van der Waals surface area contributed by atoms with Gasteiger partial charge in [0.25, 0.3) is 0 Å². The molecule has 0 saturated heterocycles. The first-order valence-electron chi connectivity index (χ1n) is 7.94. The van der Waals surface area contributed by atoms with E-state index in [1.165, 1.54) is 12.8 Å². The fraction of sp³-hybridized carbons (Fsp3) is 0.625. The number of anilines is 2. The van der Waals surface area contributed by atoms with Crippen LogP contribution in [-0.2, 0) is 0 Å². The molecule has 0 aliphatic heterocycles. The number of thiophene rings is 1. The maximum absolute atomic E-state index is 4.71. The molecule has 2 aromatic rings. The van der Waals surface area contributed by atoms with E-state index in [9.17, 15) is 0 Å². The van der Waals surface area contributed by atoms with Crippen molar-refractivity contribution in [2.45, 2.75) is 46.1 Å². The summed E-state index contributed by atoms with van der Waals surface area (Å²) >= 11 is 1.68. The zero-order valence-electron chi connectivity index (χ0n) is 13.0. The predicted molar refractivity (Wildman–Crippen MR) is 91.2 cm³/mol. The summed E-state index contributed by atoms with van der Waals surface area (Å²) in [4.78, 5) is 10.4. The van der Waals surface area contributed by atoms with Crippen LogP contribution in [-0.4, -0.2) is 22.6 Å². The van der Waals surface area contributed by atoms with Gasteiger partial charge in [0.1, 0.15) is 10.6 Å². The number of fused-ring (bicyclic) bond motifs is 1. The summed E-state index contributed by atoms with van der Waals surface area (Å²) in [6.45, 7) is 7.75. The Bertz CT molecular complexity index is 609. The number of rotatable bonds is 5. The molecule has 0 radical (unpaired) electrons. The summed E-state index contributed by atoms with van der Waals surface area (Å²) < 4.78 is 0. The number of aromatic nitrogens is 2. The molecule has 1 fully saturated rings. The van der Waals surface area contributed by atoms with Gasteiger partial charge in [0, 0.05) is 12.6 Å². The van der Waals surface area contributed by atoms with Gasteiger partial charge in [-0.2, -0.15) is 4.98 Å². The highest BCUT2D eigenvalue weighted by Crippen LogP contribution is 2.35. The molecule has 21 heavy (non-hydrogen) atoms. The van der Waals surface area contributed by atoms with Crippen molar-refractivity contribution in [2.24, 2.45) is 11.8 Å². The van der Waals surface area contributed by atoms with E-state index in [1.54, 1.807) is 11.3 Å². The molecule has 114 valence electrons. The first-order valence-corrected chi connectivity index (χ1v) is 8.82. The molecular formula is C16H24N4S. The van der Waals surface area contributed by atoms with Crippen molar-refractivity contribution < 1.29 is 0 Å². The minimum Gasteiger partial charge on any atom is -0.366 e. The highest BCUT2D eigenvalue weighted by Gasteiger charge is 2.30. The van der Waals surface area contributed by atoms with Gasteiger partial charge in [-0.15, -0.1) is 11.3 Å². The summed E-state index contributed by atoms with van der Waals surface area (Å²) in [6.07, 6.45) is 3.61. The van der Waals surface area contributed by atoms with Crippen LogP contribution in [0.2, 0.25) is 0 Å². The lowest BCUT2D eigenvalue weighted by Gasteiger charge is -2.21. The van der Waals surface area contributed by atoms with Crippen LogP contribution in [0, 0.1) is 11.8 Å². The van der Waals surface area contributed by atoms with Crippen molar-refractivity contribution in [3.63, 3.8) is 0 Å². The Kier molecular flexibility index (Phi) is 4.29. The Balaban J connectivity index is 1.87. The molecule has 3 atom stereocenters.